The maximum atomic E-state index is 12.2. The van der Waals surface area contributed by atoms with Crippen molar-refractivity contribution in [2.45, 2.75) is 20.0 Å². The molecule has 0 unspecified atom stereocenters. The van der Waals surface area contributed by atoms with Crippen molar-refractivity contribution in [2.75, 3.05) is 13.2 Å². The Labute approximate surface area is 168 Å². The van der Waals surface area contributed by atoms with Crippen LogP contribution >= 0.6 is 0 Å². The van der Waals surface area contributed by atoms with E-state index in [0.717, 1.165) is 11.1 Å². The highest BCUT2D eigenvalue weighted by Gasteiger charge is 2.09. The molecule has 8 nitrogen and oxygen atoms in total. The molecule has 0 radical (unpaired) electrons. The quantitative estimate of drug-likeness (QED) is 0.577. The molecule has 3 rings (SSSR count). The summed E-state index contributed by atoms with van der Waals surface area (Å²) in [6.45, 7) is 3.29. The molecule has 1 aromatic heterocycles. The summed E-state index contributed by atoms with van der Waals surface area (Å²) in [5.74, 6) is 0.126. The molecular formula is C21H23N5O3. The third-order valence-corrected chi connectivity index (χ3v) is 4.23. The van der Waals surface area contributed by atoms with Gasteiger partial charge >= 0.3 is 0 Å². The van der Waals surface area contributed by atoms with E-state index in [2.05, 4.69) is 20.7 Å². The van der Waals surface area contributed by atoms with Crippen LogP contribution in [0, 0.1) is 0 Å². The Kier molecular flexibility index (Phi) is 6.94. The molecule has 8 heteroatoms. The molecule has 0 aliphatic carbocycles. The molecule has 0 atom stereocenters. The number of hydrogen-bond acceptors (Lipinski definition) is 5. The topological polar surface area (TPSA) is 98.1 Å². The summed E-state index contributed by atoms with van der Waals surface area (Å²) in [6.07, 6.45) is 3.13. The van der Waals surface area contributed by atoms with Gasteiger partial charge in [-0.2, -0.15) is 5.10 Å². The third kappa shape index (κ3) is 5.90. The first-order chi connectivity index (χ1) is 14.2. The van der Waals surface area contributed by atoms with Crippen LogP contribution in [0.25, 0.3) is 0 Å². The fourth-order valence-electron chi connectivity index (χ4n) is 2.76. The van der Waals surface area contributed by atoms with Crippen LogP contribution in [0.1, 0.15) is 28.4 Å². The molecule has 0 fully saturated rings. The van der Waals surface area contributed by atoms with Crippen molar-refractivity contribution in [1.82, 2.24) is 25.4 Å². The number of nitrogens with zero attached hydrogens (tertiary/aromatic N) is 3. The SMILES string of the molecule is CCOc1ccc(C(=O)NCC(=O)NCc2ccccc2Cn2cncn2)cc1. The zero-order chi connectivity index (χ0) is 20.5. The first kappa shape index (κ1) is 20.1. The summed E-state index contributed by atoms with van der Waals surface area (Å²) in [5.41, 5.74) is 2.49. The Morgan fingerprint density at radius 2 is 1.79 bits per heavy atom. The Morgan fingerprint density at radius 3 is 2.48 bits per heavy atom. The number of hydrogen-bond donors (Lipinski definition) is 2. The zero-order valence-electron chi connectivity index (χ0n) is 16.2. The minimum atomic E-state index is -0.310. The number of carbonyl (C=O) groups is 2. The second-order valence-electron chi connectivity index (χ2n) is 6.28. The zero-order valence-corrected chi connectivity index (χ0v) is 16.2. The van der Waals surface area contributed by atoms with Crippen LogP contribution in [0.15, 0.2) is 61.2 Å². The highest BCUT2D eigenvalue weighted by molar-refractivity contribution is 5.96. The van der Waals surface area contributed by atoms with Gasteiger partial charge in [0.15, 0.2) is 0 Å². The monoisotopic (exact) mass is 393 g/mol. The summed E-state index contributed by atoms with van der Waals surface area (Å²) >= 11 is 0. The lowest BCUT2D eigenvalue weighted by Gasteiger charge is -2.11. The number of aromatic nitrogens is 3. The van der Waals surface area contributed by atoms with E-state index in [1.54, 1.807) is 35.3 Å². The van der Waals surface area contributed by atoms with Gasteiger partial charge in [0.25, 0.3) is 5.91 Å². The van der Waals surface area contributed by atoms with Crippen molar-refractivity contribution in [3.05, 3.63) is 77.9 Å². The standard InChI is InChI=1S/C21H23N5O3/c1-2-29-19-9-7-16(8-10-19)21(28)24-12-20(27)23-11-17-5-3-4-6-18(17)13-26-15-22-14-25-26/h3-10,14-15H,2,11-13H2,1H3,(H,23,27)(H,24,28). The molecule has 0 spiro atoms. The summed E-state index contributed by atoms with van der Waals surface area (Å²) in [6, 6.07) is 14.6. The van der Waals surface area contributed by atoms with E-state index < -0.39 is 0 Å². The maximum absolute atomic E-state index is 12.2. The van der Waals surface area contributed by atoms with Gasteiger partial charge in [0.05, 0.1) is 19.7 Å². The van der Waals surface area contributed by atoms with Crippen molar-refractivity contribution in [1.29, 1.82) is 0 Å². The van der Waals surface area contributed by atoms with Crippen LogP contribution in [0.2, 0.25) is 0 Å². The lowest BCUT2D eigenvalue weighted by molar-refractivity contribution is -0.120. The van der Waals surface area contributed by atoms with E-state index >= 15 is 0 Å². The molecule has 0 saturated carbocycles. The molecule has 150 valence electrons. The molecule has 1 heterocycles. The van der Waals surface area contributed by atoms with E-state index in [1.807, 2.05) is 31.2 Å². The second-order valence-corrected chi connectivity index (χ2v) is 6.28. The van der Waals surface area contributed by atoms with Crippen LogP contribution in [-0.2, 0) is 17.9 Å². The lowest BCUT2D eigenvalue weighted by atomic mass is 10.1. The fourth-order valence-corrected chi connectivity index (χ4v) is 2.76. The van der Waals surface area contributed by atoms with Crippen molar-refractivity contribution >= 4 is 11.8 Å². The minimum absolute atomic E-state index is 0.0999. The average molecular weight is 393 g/mol. The van der Waals surface area contributed by atoms with E-state index in [1.165, 1.54) is 6.33 Å². The predicted molar refractivity (Wildman–Crippen MR) is 107 cm³/mol. The average Bonchev–Trinajstić information content (AvgIpc) is 3.25. The Hall–Kier alpha value is -3.68. The van der Waals surface area contributed by atoms with Crippen molar-refractivity contribution in [3.8, 4) is 5.75 Å². The molecule has 3 aromatic rings. The van der Waals surface area contributed by atoms with E-state index in [4.69, 9.17) is 4.74 Å². The van der Waals surface area contributed by atoms with Crippen molar-refractivity contribution in [2.24, 2.45) is 0 Å². The maximum Gasteiger partial charge on any atom is 0.251 e. The van der Waals surface area contributed by atoms with Gasteiger partial charge in [0, 0.05) is 12.1 Å². The van der Waals surface area contributed by atoms with Gasteiger partial charge in [0.2, 0.25) is 5.91 Å². The Bertz CT molecular complexity index is 939. The molecule has 0 bridgehead atoms. The van der Waals surface area contributed by atoms with Gasteiger partial charge in [-0.05, 0) is 42.3 Å². The van der Waals surface area contributed by atoms with E-state index in [-0.39, 0.29) is 18.4 Å². The number of carbonyl (C=O) groups excluding carboxylic acids is 2. The van der Waals surface area contributed by atoms with Gasteiger partial charge < -0.3 is 15.4 Å². The van der Waals surface area contributed by atoms with E-state index in [0.29, 0.717) is 31.0 Å². The van der Waals surface area contributed by atoms with Crippen molar-refractivity contribution in [3.63, 3.8) is 0 Å². The third-order valence-electron chi connectivity index (χ3n) is 4.23. The van der Waals surface area contributed by atoms with E-state index in [9.17, 15) is 9.59 Å². The molecule has 0 aliphatic heterocycles. The molecule has 0 aliphatic rings. The van der Waals surface area contributed by atoms with Crippen LogP contribution < -0.4 is 15.4 Å². The summed E-state index contributed by atoms with van der Waals surface area (Å²) < 4.78 is 7.07. The normalized spacial score (nSPS) is 10.4. The van der Waals surface area contributed by atoms with Gasteiger partial charge in [-0.25, -0.2) is 9.67 Å². The smallest absolute Gasteiger partial charge is 0.251 e. The molecule has 2 aromatic carbocycles. The number of benzene rings is 2. The summed E-state index contributed by atoms with van der Waals surface area (Å²) in [4.78, 5) is 28.3. The molecule has 2 amide bonds. The van der Waals surface area contributed by atoms with Gasteiger partial charge in [0.1, 0.15) is 18.4 Å². The second kappa shape index (κ2) is 10.0. The fraction of sp³-hybridized carbons (Fsp3) is 0.238. The molecule has 29 heavy (non-hydrogen) atoms. The summed E-state index contributed by atoms with van der Waals surface area (Å²) in [7, 11) is 0. The minimum Gasteiger partial charge on any atom is -0.494 e. The number of rotatable bonds is 9. The van der Waals surface area contributed by atoms with Crippen LogP contribution in [0.5, 0.6) is 5.75 Å². The van der Waals surface area contributed by atoms with Crippen LogP contribution in [0.4, 0.5) is 0 Å². The summed E-state index contributed by atoms with van der Waals surface area (Å²) in [5, 5.41) is 9.56. The van der Waals surface area contributed by atoms with Gasteiger partial charge in [-0.1, -0.05) is 24.3 Å². The highest BCUT2D eigenvalue weighted by Crippen LogP contribution is 2.12. The number of amides is 2. The Balaban J connectivity index is 1.48. The first-order valence-corrected chi connectivity index (χ1v) is 9.32. The lowest BCUT2D eigenvalue weighted by Crippen LogP contribution is -2.36. The largest absolute Gasteiger partial charge is 0.494 e. The molecule has 0 saturated heterocycles. The van der Waals surface area contributed by atoms with Gasteiger partial charge in [-0.3, -0.25) is 9.59 Å². The van der Waals surface area contributed by atoms with Crippen LogP contribution in [-0.4, -0.2) is 39.7 Å². The number of ether oxygens (including phenoxy) is 1. The van der Waals surface area contributed by atoms with Crippen molar-refractivity contribution < 1.29 is 14.3 Å². The number of nitrogens with one attached hydrogen (secondary N) is 2. The Morgan fingerprint density at radius 1 is 1.03 bits per heavy atom. The highest BCUT2D eigenvalue weighted by atomic mass is 16.5. The van der Waals surface area contributed by atoms with Gasteiger partial charge in [-0.15, -0.1) is 0 Å². The van der Waals surface area contributed by atoms with Crippen LogP contribution in [0.3, 0.4) is 0 Å². The molecule has 2 N–H and O–H groups in total. The predicted octanol–water partition coefficient (Wildman–Crippen LogP) is 1.77. The first-order valence-electron chi connectivity index (χ1n) is 9.32. The molecular weight excluding hydrogens is 370 g/mol.